The minimum atomic E-state index is -1.40. The Kier molecular flexibility index (Phi) is 10.0. The highest BCUT2D eigenvalue weighted by atomic mass is 16.4. The summed E-state index contributed by atoms with van der Waals surface area (Å²) in [6.45, 7) is 4.13. The number of nitrogens with two attached hydrogens (primary N) is 1. The summed E-state index contributed by atoms with van der Waals surface area (Å²) in [6, 6.07) is 3.39. The molecule has 12 nitrogen and oxygen atoms in total. The summed E-state index contributed by atoms with van der Waals surface area (Å²) >= 11 is 0. The van der Waals surface area contributed by atoms with E-state index in [0.29, 0.717) is 19.3 Å². The number of carbonyl (C=O) groups excluding carboxylic acids is 3. The summed E-state index contributed by atoms with van der Waals surface area (Å²) in [4.78, 5) is 66.8. The summed E-state index contributed by atoms with van der Waals surface area (Å²) in [5.41, 5.74) is 7.77. The smallest absolute Gasteiger partial charge is 0.326 e. The molecular formula is C27H37N5O7. The molecule has 3 rings (SSSR count). The highest BCUT2D eigenvalue weighted by Crippen LogP contribution is 2.23. The van der Waals surface area contributed by atoms with Crippen molar-refractivity contribution < 1.29 is 34.2 Å². The number of para-hydroxylation sites is 1. The Bertz CT molecular complexity index is 1210. The number of carboxylic acids is 2. The fraction of sp³-hybridized carbons (Fsp3) is 0.519. The maximum Gasteiger partial charge on any atom is 0.326 e. The number of hydrogen-bond donors (Lipinski definition) is 6. The van der Waals surface area contributed by atoms with Gasteiger partial charge in [0.2, 0.25) is 17.7 Å². The largest absolute Gasteiger partial charge is 0.481 e. The third-order valence-electron chi connectivity index (χ3n) is 6.88. The van der Waals surface area contributed by atoms with E-state index < -0.39 is 60.2 Å². The lowest BCUT2D eigenvalue weighted by molar-refractivity contribution is -0.145. The Morgan fingerprint density at radius 2 is 1.82 bits per heavy atom. The van der Waals surface area contributed by atoms with Crippen LogP contribution in [-0.2, 0) is 30.4 Å². The molecule has 0 spiro atoms. The van der Waals surface area contributed by atoms with Crippen molar-refractivity contribution in [2.45, 2.75) is 76.5 Å². The summed E-state index contributed by atoms with van der Waals surface area (Å²) in [5.74, 6) is -3.98. The van der Waals surface area contributed by atoms with Crippen LogP contribution in [0.5, 0.6) is 0 Å². The van der Waals surface area contributed by atoms with Gasteiger partial charge in [0, 0.05) is 36.5 Å². The van der Waals surface area contributed by atoms with Gasteiger partial charge in [0.15, 0.2) is 0 Å². The molecule has 7 N–H and O–H groups in total. The van der Waals surface area contributed by atoms with Crippen molar-refractivity contribution in [1.82, 2.24) is 20.5 Å². The number of H-pyrrole nitrogens is 1. The van der Waals surface area contributed by atoms with Crippen LogP contribution in [0.2, 0.25) is 0 Å². The molecule has 3 amide bonds. The minimum Gasteiger partial charge on any atom is -0.481 e. The molecule has 4 atom stereocenters. The molecule has 1 aliphatic heterocycles. The van der Waals surface area contributed by atoms with E-state index in [1.807, 2.05) is 38.1 Å². The van der Waals surface area contributed by atoms with E-state index in [1.54, 1.807) is 6.20 Å². The Morgan fingerprint density at radius 3 is 2.49 bits per heavy atom. The van der Waals surface area contributed by atoms with Crippen LogP contribution >= 0.6 is 0 Å². The standard InChI is InChI=1S/C27H37N5O7/c1-15(2)12-18(28)24(35)31-21(13-16-14-29-19-7-4-3-6-17(16)19)26(37)32-11-5-8-22(32)25(36)30-20(27(38)39)9-10-23(33)34/h3-4,6-7,14-15,18,20-22,29H,5,8-13,28H2,1-2H3,(H,30,36)(H,31,35)(H,33,34)(H,38,39). The number of nitrogens with zero attached hydrogens (tertiary/aromatic N) is 1. The summed E-state index contributed by atoms with van der Waals surface area (Å²) in [6.07, 6.45) is 2.47. The van der Waals surface area contributed by atoms with E-state index in [-0.39, 0.29) is 25.3 Å². The molecule has 2 heterocycles. The van der Waals surface area contributed by atoms with Crippen molar-refractivity contribution >= 4 is 40.6 Å². The molecule has 212 valence electrons. The topological polar surface area (TPSA) is 195 Å². The molecule has 0 saturated carbocycles. The number of fused-ring (bicyclic) bond motifs is 1. The lowest BCUT2D eigenvalue weighted by Crippen LogP contribution is -2.57. The molecule has 1 fully saturated rings. The number of likely N-dealkylation sites (tertiary alicyclic amines) is 1. The average Bonchev–Trinajstić information content (AvgIpc) is 3.52. The van der Waals surface area contributed by atoms with E-state index in [1.165, 1.54) is 4.90 Å². The zero-order valence-electron chi connectivity index (χ0n) is 22.2. The van der Waals surface area contributed by atoms with Gasteiger partial charge in [0.25, 0.3) is 0 Å². The van der Waals surface area contributed by atoms with Gasteiger partial charge in [-0.2, -0.15) is 0 Å². The van der Waals surface area contributed by atoms with E-state index in [4.69, 9.17) is 10.8 Å². The first kappa shape index (κ1) is 29.6. The maximum atomic E-state index is 13.8. The molecule has 0 aliphatic carbocycles. The SMILES string of the molecule is CC(C)CC(N)C(=O)NC(Cc1c[nH]c2ccccc12)C(=O)N1CCCC1C(=O)NC(CCC(=O)O)C(=O)O. The number of amides is 3. The number of aliphatic carboxylic acids is 2. The van der Waals surface area contributed by atoms with Gasteiger partial charge in [0.1, 0.15) is 18.1 Å². The van der Waals surface area contributed by atoms with Crippen LogP contribution in [0.3, 0.4) is 0 Å². The Morgan fingerprint density at radius 1 is 1.10 bits per heavy atom. The molecule has 1 aromatic carbocycles. The second-order valence-electron chi connectivity index (χ2n) is 10.4. The number of benzene rings is 1. The third-order valence-corrected chi connectivity index (χ3v) is 6.88. The number of hydrogen-bond acceptors (Lipinski definition) is 6. The van der Waals surface area contributed by atoms with Gasteiger partial charge >= 0.3 is 11.9 Å². The molecule has 12 heteroatoms. The van der Waals surface area contributed by atoms with Gasteiger partial charge in [-0.1, -0.05) is 32.0 Å². The summed E-state index contributed by atoms with van der Waals surface area (Å²) < 4.78 is 0. The van der Waals surface area contributed by atoms with E-state index in [2.05, 4.69) is 15.6 Å². The second-order valence-corrected chi connectivity index (χ2v) is 10.4. The molecule has 0 radical (unpaired) electrons. The molecular weight excluding hydrogens is 506 g/mol. The minimum absolute atomic E-state index is 0.157. The van der Waals surface area contributed by atoms with E-state index in [0.717, 1.165) is 16.5 Å². The molecule has 39 heavy (non-hydrogen) atoms. The van der Waals surface area contributed by atoms with Gasteiger partial charge in [-0.25, -0.2) is 4.79 Å². The van der Waals surface area contributed by atoms with Gasteiger partial charge in [-0.3, -0.25) is 19.2 Å². The quantitative estimate of drug-likeness (QED) is 0.215. The molecule has 1 saturated heterocycles. The van der Waals surface area contributed by atoms with Gasteiger partial charge in [-0.15, -0.1) is 0 Å². The highest BCUT2D eigenvalue weighted by molar-refractivity contribution is 5.95. The number of nitrogens with one attached hydrogen (secondary N) is 3. The molecule has 1 aliphatic rings. The molecule has 0 bridgehead atoms. The fourth-order valence-electron chi connectivity index (χ4n) is 4.91. The van der Waals surface area contributed by atoms with Crippen molar-refractivity contribution in [3.8, 4) is 0 Å². The molecule has 4 unspecified atom stereocenters. The van der Waals surface area contributed by atoms with Gasteiger partial charge < -0.3 is 36.5 Å². The number of aromatic nitrogens is 1. The van der Waals surface area contributed by atoms with Gasteiger partial charge in [-0.05, 0) is 43.2 Å². The first-order valence-corrected chi connectivity index (χ1v) is 13.1. The first-order chi connectivity index (χ1) is 18.5. The van der Waals surface area contributed by atoms with Crippen LogP contribution in [0.15, 0.2) is 30.5 Å². The lowest BCUT2D eigenvalue weighted by atomic mass is 10.0. The van der Waals surface area contributed by atoms with Crippen molar-refractivity contribution in [3.05, 3.63) is 36.0 Å². The first-order valence-electron chi connectivity index (χ1n) is 13.1. The predicted molar refractivity (Wildman–Crippen MR) is 143 cm³/mol. The monoisotopic (exact) mass is 543 g/mol. The summed E-state index contributed by atoms with van der Waals surface area (Å²) in [7, 11) is 0. The van der Waals surface area contributed by atoms with Crippen molar-refractivity contribution in [2.24, 2.45) is 11.7 Å². The normalized spacial score (nSPS) is 17.5. The van der Waals surface area contributed by atoms with Crippen LogP contribution in [0.25, 0.3) is 10.9 Å². The van der Waals surface area contributed by atoms with Crippen molar-refractivity contribution in [1.29, 1.82) is 0 Å². The van der Waals surface area contributed by atoms with Crippen molar-refractivity contribution in [2.75, 3.05) is 6.54 Å². The zero-order chi connectivity index (χ0) is 28.7. The van der Waals surface area contributed by atoms with Crippen LogP contribution < -0.4 is 16.4 Å². The molecule has 2 aromatic rings. The number of carbonyl (C=O) groups is 5. The maximum absolute atomic E-state index is 13.8. The zero-order valence-corrected chi connectivity index (χ0v) is 22.2. The number of rotatable bonds is 13. The Balaban J connectivity index is 1.82. The Hall–Kier alpha value is -3.93. The van der Waals surface area contributed by atoms with E-state index in [9.17, 15) is 29.1 Å². The second kappa shape index (κ2) is 13.2. The van der Waals surface area contributed by atoms with Crippen LogP contribution in [0.1, 0.15) is 51.5 Å². The number of aromatic amines is 1. The van der Waals surface area contributed by atoms with Crippen LogP contribution in [-0.4, -0.2) is 80.5 Å². The summed E-state index contributed by atoms with van der Waals surface area (Å²) in [5, 5.41) is 24.4. The molecule has 1 aromatic heterocycles. The fourth-order valence-corrected chi connectivity index (χ4v) is 4.91. The predicted octanol–water partition coefficient (Wildman–Crippen LogP) is 0.994. The Labute approximate surface area is 226 Å². The third kappa shape index (κ3) is 7.79. The lowest BCUT2D eigenvalue weighted by Gasteiger charge is -2.30. The highest BCUT2D eigenvalue weighted by Gasteiger charge is 2.39. The van der Waals surface area contributed by atoms with Crippen molar-refractivity contribution in [3.63, 3.8) is 0 Å². The van der Waals surface area contributed by atoms with Gasteiger partial charge in [0.05, 0.1) is 6.04 Å². The number of carboxylic acid groups (broad SMARTS) is 2. The van der Waals surface area contributed by atoms with Crippen LogP contribution in [0, 0.1) is 5.92 Å². The van der Waals surface area contributed by atoms with Crippen LogP contribution in [0.4, 0.5) is 0 Å². The average molecular weight is 544 g/mol. The van der Waals surface area contributed by atoms with E-state index >= 15 is 0 Å².